The predicted octanol–water partition coefficient (Wildman–Crippen LogP) is 5.70. The molecule has 0 radical (unpaired) electrons. The van der Waals surface area contributed by atoms with E-state index in [9.17, 15) is 9.18 Å². The van der Waals surface area contributed by atoms with E-state index in [2.05, 4.69) is 38.4 Å². The number of nitrogens with one attached hydrogen (secondary N) is 1. The van der Waals surface area contributed by atoms with Gasteiger partial charge in [0.1, 0.15) is 17.6 Å². The molecule has 41 heavy (non-hydrogen) atoms. The van der Waals surface area contributed by atoms with Crippen LogP contribution in [-0.2, 0) is 19.6 Å². The van der Waals surface area contributed by atoms with Gasteiger partial charge in [0, 0.05) is 17.6 Å². The van der Waals surface area contributed by atoms with E-state index >= 15 is 0 Å². The molecule has 1 N–H and O–H groups in total. The number of furan rings is 1. The number of halogens is 1. The number of aryl methyl sites for hydroxylation is 2. The van der Waals surface area contributed by atoms with Crippen LogP contribution in [0.25, 0.3) is 10.9 Å². The van der Waals surface area contributed by atoms with Crippen LogP contribution in [0.15, 0.2) is 100 Å². The van der Waals surface area contributed by atoms with E-state index in [1.165, 1.54) is 12.1 Å². The maximum Gasteiger partial charge on any atom is 0.253 e. The van der Waals surface area contributed by atoms with Crippen molar-refractivity contribution >= 4 is 10.9 Å². The maximum absolute atomic E-state index is 13.8. The molecular weight excluding hydrogens is 519 g/mol. The minimum atomic E-state index is -0.634. The summed E-state index contributed by atoms with van der Waals surface area (Å²) >= 11 is 0. The summed E-state index contributed by atoms with van der Waals surface area (Å²) in [5.74, 6) is 0.918. The van der Waals surface area contributed by atoms with Crippen LogP contribution < -0.4 is 5.56 Å². The monoisotopic (exact) mass is 548 g/mol. The standard InChI is InChI=1S/C32H29FN6O2/c1-21-15-25-17-28(32(40)34-29(25)16-22(21)2)30(31-35-36-37-39(31)19-24-10-12-26(33)13-11-24)38(20-27-9-6-14-41-27)18-23-7-4-3-5-8-23/h3-17,30H,18-20H2,1-2H3,(H,34,40)/t30-/m0/s1. The van der Waals surface area contributed by atoms with E-state index < -0.39 is 6.04 Å². The highest BCUT2D eigenvalue weighted by atomic mass is 19.1. The first-order valence-electron chi connectivity index (χ1n) is 13.4. The van der Waals surface area contributed by atoms with Crippen molar-refractivity contribution in [1.82, 2.24) is 30.1 Å². The Balaban J connectivity index is 1.52. The Kier molecular flexibility index (Phi) is 7.26. The number of aromatic amines is 1. The molecule has 6 aromatic rings. The molecule has 0 aliphatic carbocycles. The number of benzene rings is 3. The third-order valence-electron chi connectivity index (χ3n) is 7.36. The SMILES string of the molecule is Cc1cc2cc([C@@H](c3nnnn3Cc3ccc(F)cc3)N(Cc3ccccc3)Cc3ccco3)c(=O)[nH]c2cc1C. The minimum Gasteiger partial charge on any atom is -0.468 e. The van der Waals surface area contributed by atoms with E-state index in [1.54, 1.807) is 23.1 Å². The molecule has 0 unspecified atom stereocenters. The quantitative estimate of drug-likeness (QED) is 0.249. The summed E-state index contributed by atoms with van der Waals surface area (Å²) in [4.78, 5) is 19.0. The van der Waals surface area contributed by atoms with Crippen molar-refractivity contribution in [2.24, 2.45) is 0 Å². The summed E-state index contributed by atoms with van der Waals surface area (Å²) < 4.78 is 21.0. The first kappa shape index (κ1) is 26.3. The second kappa shape index (κ2) is 11.3. The average molecular weight is 549 g/mol. The van der Waals surface area contributed by atoms with Crippen LogP contribution in [0.3, 0.4) is 0 Å². The molecule has 3 aromatic heterocycles. The third-order valence-corrected chi connectivity index (χ3v) is 7.36. The van der Waals surface area contributed by atoms with Crippen molar-refractivity contribution in [1.29, 1.82) is 0 Å². The van der Waals surface area contributed by atoms with Crippen molar-refractivity contribution in [3.63, 3.8) is 0 Å². The zero-order valence-electron chi connectivity index (χ0n) is 22.8. The van der Waals surface area contributed by atoms with Crippen LogP contribution in [0.1, 0.15) is 45.4 Å². The molecule has 0 saturated heterocycles. The largest absolute Gasteiger partial charge is 0.468 e. The highest BCUT2D eigenvalue weighted by Gasteiger charge is 2.31. The zero-order valence-corrected chi connectivity index (χ0v) is 22.8. The van der Waals surface area contributed by atoms with Gasteiger partial charge in [-0.3, -0.25) is 9.69 Å². The second-order valence-corrected chi connectivity index (χ2v) is 10.3. The summed E-state index contributed by atoms with van der Waals surface area (Å²) in [6.45, 7) is 5.29. The molecule has 206 valence electrons. The smallest absolute Gasteiger partial charge is 0.253 e. The van der Waals surface area contributed by atoms with Crippen LogP contribution in [-0.4, -0.2) is 30.1 Å². The predicted molar refractivity (Wildman–Crippen MR) is 154 cm³/mol. The summed E-state index contributed by atoms with van der Waals surface area (Å²) in [5, 5.41) is 13.7. The molecule has 0 fully saturated rings. The lowest BCUT2D eigenvalue weighted by molar-refractivity contribution is 0.179. The van der Waals surface area contributed by atoms with Gasteiger partial charge in [-0.2, -0.15) is 0 Å². The van der Waals surface area contributed by atoms with Gasteiger partial charge in [0.15, 0.2) is 5.82 Å². The number of fused-ring (bicyclic) bond motifs is 1. The van der Waals surface area contributed by atoms with Crippen molar-refractivity contribution < 1.29 is 8.81 Å². The van der Waals surface area contributed by atoms with Gasteiger partial charge in [0.25, 0.3) is 5.56 Å². The second-order valence-electron chi connectivity index (χ2n) is 10.3. The summed E-state index contributed by atoms with van der Waals surface area (Å²) in [7, 11) is 0. The van der Waals surface area contributed by atoms with Crippen molar-refractivity contribution in [2.75, 3.05) is 0 Å². The first-order valence-corrected chi connectivity index (χ1v) is 13.4. The van der Waals surface area contributed by atoms with Gasteiger partial charge in [-0.25, -0.2) is 9.07 Å². The van der Waals surface area contributed by atoms with E-state index in [0.29, 0.717) is 31.0 Å². The van der Waals surface area contributed by atoms with Crippen molar-refractivity contribution in [3.8, 4) is 0 Å². The van der Waals surface area contributed by atoms with Crippen molar-refractivity contribution in [2.45, 2.75) is 39.5 Å². The summed E-state index contributed by atoms with van der Waals surface area (Å²) in [6.07, 6.45) is 1.64. The Labute approximate surface area is 236 Å². The van der Waals surface area contributed by atoms with Crippen LogP contribution in [0.5, 0.6) is 0 Å². The van der Waals surface area contributed by atoms with Gasteiger partial charge in [-0.05, 0) is 94.4 Å². The van der Waals surface area contributed by atoms with Crippen molar-refractivity contribution in [3.05, 3.63) is 147 Å². The molecule has 0 aliphatic rings. The number of pyridine rings is 1. The molecule has 0 bridgehead atoms. The number of H-pyrrole nitrogens is 1. The van der Waals surface area contributed by atoms with Gasteiger partial charge in [-0.15, -0.1) is 5.10 Å². The molecule has 9 heteroatoms. The van der Waals surface area contributed by atoms with Crippen LogP contribution in [0.2, 0.25) is 0 Å². The molecular formula is C32H29FN6O2. The average Bonchev–Trinajstić information content (AvgIpc) is 3.65. The zero-order chi connectivity index (χ0) is 28.3. The summed E-state index contributed by atoms with van der Waals surface area (Å²) in [5.41, 5.74) is 5.18. The van der Waals surface area contributed by atoms with Gasteiger partial charge in [0.05, 0.1) is 19.4 Å². The minimum absolute atomic E-state index is 0.223. The summed E-state index contributed by atoms with van der Waals surface area (Å²) in [6, 6.07) is 25.4. The number of hydrogen-bond donors (Lipinski definition) is 1. The molecule has 6 rings (SSSR count). The molecule has 0 spiro atoms. The van der Waals surface area contributed by atoms with Gasteiger partial charge in [0.2, 0.25) is 0 Å². The highest BCUT2D eigenvalue weighted by Crippen LogP contribution is 2.31. The Morgan fingerprint density at radius 3 is 2.46 bits per heavy atom. The maximum atomic E-state index is 13.8. The number of aromatic nitrogens is 5. The molecule has 0 aliphatic heterocycles. The molecule has 0 amide bonds. The van der Waals surface area contributed by atoms with E-state index in [4.69, 9.17) is 4.42 Å². The number of nitrogens with zero attached hydrogens (tertiary/aromatic N) is 5. The Morgan fingerprint density at radius 1 is 0.927 bits per heavy atom. The fourth-order valence-corrected chi connectivity index (χ4v) is 5.14. The Morgan fingerprint density at radius 2 is 1.71 bits per heavy atom. The molecule has 1 atom stereocenters. The molecule has 3 heterocycles. The van der Waals surface area contributed by atoms with Crippen LogP contribution in [0, 0.1) is 19.7 Å². The van der Waals surface area contributed by atoms with E-state index in [1.807, 2.05) is 61.5 Å². The molecule has 3 aromatic carbocycles. The van der Waals surface area contributed by atoms with Crippen LogP contribution in [0.4, 0.5) is 4.39 Å². The van der Waals surface area contributed by atoms with Gasteiger partial charge in [-0.1, -0.05) is 42.5 Å². The fourth-order valence-electron chi connectivity index (χ4n) is 5.14. The van der Waals surface area contributed by atoms with Crippen LogP contribution >= 0.6 is 0 Å². The lowest BCUT2D eigenvalue weighted by Crippen LogP contribution is -2.34. The Bertz CT molecular complexity index is 1830. The van der Waals surface area contributed by atoms with Gasteiger partial charge >= 0.3 is 0 Å². The number of tetrazole rings is 1. The third kappa shape index (κ3) is 5.71. The Hall–Kier alpha value is -4.89. The van der Waals surface area contributed by atoms with E-state index in [-0.39, 0.29) is 11.4 Å². The molecule has 8 nitrogen and oxygen atoms in total. The fraction of sp³-hybridized carbons (Fsp3) is 0.188. The highest BCUT2D eigenvalue weighted by molar-refractivity contribution is 5.81. The number of hydrogen-bond acceptors (Lipinski definition) is 6. The topological polar surface area (TPSA) is 92.8 Å². The van der Waals surface area contributed by atoms with Gasteiger partial charge < -0.3 is 9.40 Å². The lowest BCUT2D eigenvalue weighted by Gasteiger charge is -2.30. The molecule has 0 saturated carbocycles. The normalized spacial score (nSPS) is 12.3. The lowest BCUT2D eigenvalue weighted by atomic mass is 10.00. The number of rotatable bonds is 9. The first-order chi connectivity index (χ1) is 19.9. The van der Waals surface area contributed by atoms with E-state index in [0.717, 1.165) is 38.9 Å².